The Hall–Kier alpha value is -2.18. The number of carbonyl (C=O) groups excluding carboxylic acids is 1. The molecule has 2 fully saturated rings. The Morgan fingerprint density at radius 1 is 1.07 bits per heavy atom. The van der Waals surface area contributed by atoms with Crippen molar-refractivity contribution in [2.75, 3.05) is 32.8 Å². The van der Waals surface area contributed by atoms with Crippen LogP contribution in [0.5, 0.6) is 0 Å². The van der Waals surface area contributed by atoms with Crippen LogP contribution < -0.4 is 0 Å². The van der Waals surface area contributed by atoms with Gasteiger partial charge in [-0.2, -0.15) is 0 Å². The van der Waals surface area contributed by atoms with Gasteiger partial charge in [-0.3, -0.25) is 9.69 Å². The van der Waals surface area contributed by atoms with Gasteiger partial charge in [0.15, 0.2) is 5.78 Å². The first-order valence-electron chi connectivity index (χ1n) is 10.4. The van der Waals surface area contributed by atoms with E-state index in [1.54, 1.807) is 12.1 Å². The quantitative estimate of drug-likeness (QED) is 0.754. The molecule has 0 unspecified atom stereocenters. The van der Waals surface area contributed by atoms with Crippen LogP contribution in [0, 0.1) is 16.7 Å². The van der Waals surface area contributed by atoms with Crippen molar-refractivity contribution < 1.29 is 19.4 Å². The lowest BCUT2D eigenvalue weighted by atomic mass is 10.00. The molecule has 6 nitrogen and oxygen atoms in total. The minimum Gasteiger partial charge on any atom is -0.478 e. The smallest absolute Gasteiger partial charge is 0.337 e. The Kier molecular flexibility index (Phi) is 4.82. The fourth-order valence-electron chi connectivity index (χ4n) is 4.99. The lowest BCUT2D eigenvalue weighted by Crippen LogP contribution is -2.38. The highest BCUT2D eigenvalue weighted by molar-refractivity contribution is 6.14. The first-order valence-corrected chi connectivity index (χ1v) is 10.4. The van der Waals surface area contributed by atoms with Gasteiger partial charge in [-0.1, -0.05) is 39.8 Å². The minimum atomic E-state index is -0.965. The molecule has 2 aromatic rings. The molecular weight excluding hydrogens is 368 g/mol. The second-order valence-corrected chi connectivity index (χ2v) is 9.44. The van der Waals surface area contributed by atoms with Gasteiger partial charge in [0, 0.05) is 49.2 Å². The summed E-state index contributed by atoms with van der Waals surface area (Å²) in [6.45, 7) is 13.2. The monoisotopic (exact) mass is 398 g/mol. The van der Waals surface area contributed by atoms with E-state index in [4.69, 9.17) is 4.74 Å². The number of ketones is 1. The first kappa shape index (κ1) is 20.1. The van der Waals surface area contributed by atoms with Crippen LogP contribution in [0.3, 0.4) is 0 Å². The van der Waals surface area contributed by atoms with Crippen LogP contribution in [-0.4, -0.2) is 59.2 Å². The van der Waals surface area contributed by atoms with Gasteiger partial charge in [-0.15, -0.1) is 0 Å². The van der Waals surface area contributed by atoms with E-state index in [2.05, 4.69) is 32.6 Å². The van der Waals surface area contributed by atoms with Crippen LogP contribution in [0.4, 0.5) is 0 Å². The predicted octanol–water partition coefficient (Wildman–Crippen LogP) is 3.54. The van der Waals surface area contributed by atoms with Gasteiger partial charge in [-0.05, 0) is 16.9 Å². The molecule has 0 spiro atoms. The van der Waals surface area contributed by atoms with Crippen LogP contribution in [0.1, 0.15) is 48.4 Å². The van der Waals surface area contributed by atoms with Crippen molar-refractivity contribution in [1.29, 1.82) is 0 Å². The Balaban J connectivity index is 1.73. The zero-order chi connectivity index (χ0) is 21.0. The molecule has 1 aliphatic carbocycles. The Morgan fingerprint density at radius 2 is 1.72 bits per heavy atom. The summed E-state index contributed by atoms with van der Waals surface area (Å²) in [4.78, 5) is 27.7. The van der Waals surface area contributed by atoms with Crippen molar-refractivity contribution in [3.8, 4) is 0 Å². The molecule has 1 saturated heterocycles. The molecule has 29 heavy (non-hydrogen) atoms. The topological polar surface area (TPSA) is 71.8 Å². The summed E-state index contributed by atoms with van der Waals surface area (Å²) < 4.78 is 7.37. The minimum absolute atomic E-state index is 0.0539. The number of Topliss-reactive ketones (excluding diaryl/α,β-unsaturated/α-hetero) is 1. The number of morpholine rings is 1. The fraction of sp³-hybridized carbons (Fsp3) is 0.565. The summed E-state index contributed by atoms with van der Waals surface area (Å²) in [6.07, 6.45) is 1.88. The van der Waals surface area contributed by atoms with Gasteiger partial charge in [0.25, 0.3) is 0 Å². The number of fused-ring (bicyclic) bond motifs is 1. The molecule has 1 N–H and O–H groups in total. The summed E-state index contributed by atoms with van der Waals surface area (Å²) in [7, 11) is 0. The first-order chi connectivity index (χ1) is 13.7. The second-order valence-electron chi connectivity index (χ2n) is 9.44. The maximum absolute atomic E-state index is 13.5. The van der Waals surface area contributed by atoms with Crippen molar-refractivity contribution >= 4 is 22.7 Å². The summed E-state index contributed by atoms with van der Waals surface area (Å²) >= 11 is 0. The van der Waals surface area contributed by atoms with Crippen LogP contribution >= 0.6 is 0 Å². The van der Waals surface area contributed by atoms with Crippen LogP contribution in [0.25, 0.3) is 10.9 Å². The zero-order valence-electron chi connectivity index (χ0n) is 17.7. The SMILES string of the molecule is CC1(C)C(C(=O)c2cn(CCN3CCOCC3)c3c(C(=O)O)cccc23)C1(C)C. The molecule has 1 aromatic carbocycles. The average molecular weight is 399 g/mol. The number of rotatable bonds is 6. The summed E-state index contributed by atoms with van der Waals surface area (Å²) in [5, 5.41) is 10.5. The number of ether oxygens (including phenoxy) is 1. The maximum Gasteiger partial charge on any atom is 0.337 e. The number of carboxylic acids is 1. The van der Waals surface area contributed by atoms with Gasteiger partial charge in [0.1, 0.15) is 0 Å². The van der Waals surface area contributed by atoms with E-state index in [0.29, 0.717) is 17.6 Å². The number of hydrogen-bond donors (Lipinski definition) is 1. The third kappa shape index (κ3) is 3.19. The molecule has 1 saturated carbocycles. The van der Waals surface area contributed by atoms with Crippen molar-refractivity contribution in [3.63, 3.8) is 0 Å². The third-order valence-corrected chi connectivity index (χ3v) is 7.44. The van der Waals surface area contributed by atoms with E-state index < -0.39 is 5.97 Å². The average Bonchev–Trinajstić information content (AvgIpc) is 2.95. The molecule has 4 rings (SSSR count). The molecule has 0 bridgehead atoms. The molecule has 1 aliphatic heterocycles. The molecular formula is C23H30N2O4. The normalized spacial score (nSPS) is 21.4. The number of hydrogen-bond acceptors (Lipinski definition) is 4. The van der Waals surface area contributed by atoms with Crippen LogP contribution in [-0.2, 0) is 11.3 Å². The van der Waals surface area contributed by atoms with E-state index in [-0.39, 0.29) is 28.1 Å². The van der Waals surface area contributed by atoms with E-state index in [1.807, 2.05) is 16.8 Å². The number of aromatic nitrogens is 1. The number of carbonyl (C=O) groups is 2. The second kappa shape index (κ2) is 6.96. The van der Waals surface area contributed by atoms with Gasteiger partial charge in [0.2, 0.25) is 0 Å². The number of benzene rings is 1. The largest absolute Gasteiger partial charge is 0.478 e. The van der Waals surface area contributed by atoms with E-state index in [0.717, 1.165) is 38.2 Å². The molecule has 1 aromatic heterocycles. The fourth-order valence-corrected chi connectivity index (χ4v) is 4.99. The van der Waals surface area contributed by atoms with E-state index >= 15 is 0 Å². The number of para-hydroxylation sites is 1. The Labute approximate surface area is 171 Å². The molecule has 2 heterocycles. The lowest BCUT2D eigenvalue weighted by molar-refractivity contribution is 0.0365. The van der Waals surface area contributed by atoms with Gasteiger partial charge < -0.3 is 14.4 Å². The number of nitrogens with zero attached hydrogens (tertiary/aromatic N) is 2. The lowest BCUT2D eigenvalue weighted by Gasteiger charge is -2.26. The predicted molar refractivity (Wildman–Crippen MR) is 112 cm³/mol. The molecule has 0 amide bonds. The molecule has 156 valence electrons. The molecule has 2 aliphatic rings. The highest BCUT2D eigenvalue weighted by atomic mass is 16.5. The van der Waals surface area contributed by atoms with E-state index in [1.165, 1.54) is 0 Å². The maximum atomic E-state index is 13.5. The van der Waals surface area contributed by atoms with Gasteiger partial charge in [-0.25, -0.2) is 4.79 Å². The number of carboxylic acid groups (broad SMARTS) is 1. The standard InChI is InChI=1S/C23H30N2O4/c1-22(2)20(23(22,3)4)19(26)17-14-25(9-8-24-10-12-29-13-11-24)18-15(17)6-5-7-16(18)21(27)28/h5-7,14,20H,8-13H2,1-4H3,(H,27,28). The van der Waals surface area contributed by atoms with Gasteiger partial charge >= 0.3 is 5.97 Å². The van der Waals surface area contributed by atoms with Crippen LogP contribution in [0.15, 0.2) is 24.4 Å². The van der Waals surface area contributed by atoms with Crippen molar-refractivity contribution in [3.05, 3.63) is 35.5 Å². The third-order valence-electron chi connectivity index (χ3n) is 7.44. The van der Waals surface area contributed by atoms with Gasteiger partial charge in [0.05, 0.1) is 24.3 Å². The Morgan fingerprint density at radius 3 is 2.31 bits per heavy atom. The van der Waals surface area contributed by atoms with Crippen molar-refractivity contribution in [2.45, 2.75) is 34.2 Å². The highest BCUT2D eigenvalue weighted by Gasteiger charge is 2.68. The summed E-state index contributed by atoms with van der Waals surface area (Å²) in [5.74, 6) is -0.896. The van der Waals surface area contributed by atoms with Crippen molar-refractivity contribution in [2.24, 2.45) is 16.7 Å². The zero-order valence-corrected chi connectivity index (χ0v) is 17.7. The number of aromatic carboxylic acids is 1. The summed E-state index contributed by atoms with van der Waals surface area (Å²) in [5.41, 5.74) is 1.42. The Bertz CT molecular complexity index is 953. The molecule has 0 radical (unpaired) electrons. The summed E-state index contributed by atoms with van der Waals surface area (Å²) in [6, 6.07) is 5.23. The molecule has 0 atom stereocenters. The highest BCUT2D eigenvalue weighted by Crippen LogP contribution is 2.69. The van der Waals surface area contributed by atoms with Crippen molar-refractivity contribution in [1.82, 2.24) is 9.47 Å². The molecule has 6 heteroatoms. The van der Waals surface area contributed by atoms with Crippen LogP contribution in [0.2, 0.25) is 0 Å². The van der Waals surface area contributed by atoms with E-state index in [9.17, 15) is 14.7 Å².